The molecule has 0 atom stereocenters. The number of carbonyl (C=O) groups excluding carboxylic acids is 1. The number of hydrogen-bond acceptors (Lipinski definition) is 7. The van der Waals surface area contributed by atoms with Crippen LogP contribution in [0.1, 0.15) is 45.3 Å². The Hall–Kier alpha value is -3.17. The van der Waals surface area contributed by atoms with E-state index < -0.39 is 39.2 Å². The minimum absolute atomic E-state index is 0.225. The maximum absolute atomic E-state index is 13.9. The molecule has 156 valence electrons. The molecule has 1 aliphatic heterocycles. The third-order valence-corrected chi connectivity index (χ3v) is 4.73. The lowest BCUT2D eigenvalue weighted by molar-refractivity contribution is -0.382. The van der Waals surface area contributed by atoms with Crippen LogP contribution in [0.5, 0.6) is 0 Å². The summed E-state index contributed by atoms with van der Waals surface area (Å²) in [6.45, 7) is 6.11. The van der Waals surface area contributed by atoms with Crippen molar-refractivity contribution in [3.8, 4) is 0 Å². The van der Waals surface area contributed by atoms with Gasteiger partial charge < -0.3 is 19.8 Å². The Morgan fingerprint density at radius 3 is 2.52 bits per heavy atom. The van der Waals surface area contributed by atoms with E-state index in [2.05, 4.69) is 0 Å². The molecule has 2 N–H and O–H groups in total. The Labute approximate surface area is 165 Å². The van der Waals surface area contributed by atoms with E-state index in [1.165, 1.54) is 6.07 Å². The summed E-state index contributed by atoms with van der Waals surface area (Å²) < 4.78 is 24.9. The average Bonchev–Trinajstić information content (AvgIpc) is 2.61. The summed E-state index contributed by atoms with van der Waals surface area (Å²) in [4.78, 5) is 36.7. The summed E-state index contributed by atoms with van der Waals surface area (Å²) in [6, 6.07) is 2.06. The summed E-state index contributed by atoms with van der Waals surface area (Å²) in [5.41, 5.74) is 2.52. The molecule has 0 spiro atoms. The monoisotopic (exact) mass is 407 g/mol. The van der Waals surface area contributed by atoms with Crippen molar-refractivity contribution in [2.75, 3.05) is 18.8 Å². The Morgan fingerprint density at radius 2 is 1.97 bits per heavy atom. The predicted octanol–water partition coefficient (Wildman–Crippen LogP) is 3.54. The van der Waals surface area contributed by atoms with E-state index in [9.17, 15) is 24.1 Å². The molecule has 1 aromatic carbocycles. The summed E-state index contributed by atoms with van der Waals surface area (Å²) >= 11 is 0. The number of carbonyl (C=O) groups is 1. The van der Waals surface area contributed by atoms with Crippen molar-refractivity contribution < 1.29 is 23.3 Å². The predicted molar refractivity (Wildman–Crippen MR) is 103 cm³/mol. The van der Waals surface area contributed by atoms with E-state index in [1.54, 1.807) is 25.7 Å². The highest BCUT2D eigenvalue weighted by Crippen LogP contribution is 2.36. The molecule has 10 heteroatoms. The summed E-state index contributed by atoms with van der Waals surface area (Å²) in [6.07, 6.45) is 0.547. The van der Waals surface area contributed by atoms with Gasteiger partial charge in [-0.3, -0.25) is 14.9 Å². The molecular weight excluding hydrogens is 385 g/mol. The highest BCUT2D eigenvalue weighted by atomic mass is 19.1. The van der Waals surface area contributed by atoms with Crippen molar-refractivity contribution in [2.24, 2.45) is 0 Å². The number of amides is 1. The second kappa shape index (κ2) is 7.34. The summed E-state index contributed by atoms with van der Waals surface area (Å²) in [7, 11) is 0. The number of nitrogens with two attached hydrogens (primary N) is 1. The van der Waals surface area contributed by atoms with Gasteiger partial charge in [-0.15, -0.1) is 0 Å². The first kappa shape index (κ1) is 20.6. The number of fused-ring (bicyclic) bond motifs is 1. The number of piperidine rings is 1. The van der Waals surface area contributed by atoms with Crippen LogP contribution in [0, 0.1) is 15.9 Å². The van der Waals surface area contributed by atoms with Crippen LogP contribution in [0.2, 0.25) is 0 Å². The molecule has 0 unspecified atom stereocenters. The molecule has 0 radical (unpaired) electrons. The lowest BCUT2D eigenvalue weighted by Gasteiger charge is -2.33. The van der Waals surface area contributed by atoms with Crippen molar-refractivity contribution in [1.82, 2.24) is 4.90 Å². The zero-order valence-electron chi connectivity index (χ0n) is 16.4. The summed E-state index contributed by atoms with van der Waals surface area (Å²) in [5.74, 6) is -1.02. The normalized spacial score (nSPS) is 15.5. The third-order valence-electron chi connectivity index (χ3n) is 4.73. The van der Waals surface area contributed by atoms with Crippen molar-refractivity contribution >= 4 is 28.4 Å². The number of nitro benzene ring substituents is 1. The van der Waals surface area contributed by atoms with Crippen LogP contribution in [-0.2, 0) is 4.74 Å². The quantitative estimate of drug-likeness (QED) is 0.458. The molecule has 1 saturated heterocycles. The van der Waals surface area contributed by atoms with E-state index in [1.807, 2.05) is 0 Å². The van der Waals surface area contributed by atoms with Gasteiger partial charge in [0, 0.05) is 25.1 Å². The Bertz CT molecular complexity index is 1030. The number of halogens is 1. The zero-order valence-corrected chi connectivity index (χ0v) is 16.4. The van der Waals surface area contributed by atoms with Crippen LogP contribution in [0.15, 0.2) is 21.3 Å². The smallest absolute Gasteiger partial charge is 0.410 e. The fourth-order valence-corrected chi connectivity index (χ4v) is 3.33. The van der Waals surface area contributed by atoms with E-state index in [0.717, 1.165) is 6.07 Å². The SMILES string of the molecule is CC(C)(C)OC(=O)N1CCC(c2cc(=O)c3cc(F)c(N)c([N+](=O)[O-])c3o2)CC1. The van der Waals surface area contributed by atoms with E-state index in [-0.39, 0.29) is 22.6 Å². The van der Waals surface area contributed by atoms with Crippen LogP contribution in [0.4, 0.5) is 20.6 Å². The molecule has 1 amide bonds. The molecule has 9 nitrogen and oxygen atoms in total. The van der Waals surface area contributed by atoms with Crippen LogP contribution in [-0.4, -0.2) is 34.6 Å². The Morgan fingerprint density at radius 1 is 1.34 bits per heavy atom. The fourth-order valence-electron chi connectivity index (χ4n) is 3.33. The highest BCUT2D eigenvalue weighted by Gasteiger charge is 2.30. The topological polar surface area (TPSA) is 129 Å². The second-order valence-corrected chi connectivity index (χ2v) is 8.01. The zero-order chi connectivity index (χ0) is 21.5. The van der Waals surface area contributed by atoms with Gasteiger partial charge in [0.2, 0.25) is 5.58 Å². The number of nitrogen functional groups attached to an aromatic ring is 1. The maximum Gasteiger partial charge on any atom is 0.410 e. The molecule has 0 saturated carbocycles. The third kappa shape index (κ3) is 4.15. The molecule has 2 heterocycles. The fraction of sp³-hybridized carbons (Fsp3) is 0.474. The van der Waals surface area contributed by atoms with Gasteiger partial charge >= 0.3 is 11.8 Å². The maximum atomic E-state index is 13.9. The Balaban J connectivity index is 1.89. The molecule has 1 fully saturated rings. The number of benzene rings is 1. The molecule has 1 aromatic heterocycles. The second-order valence-electron chi connectivity index (χ2n) is 8.01. The lowest BCUT2D eigenvalue weighted by Crippen LogP contribution is -2.41. The molecule has 0 aliphatic carbocycles. The van der Waals surface area contributed by atoms with Crippen molar-refractivity contribution in [1.29, 1.82) is 0 Å². The molecular formula is C19H22FN3O6. The van der Waals surface area contributed by atoms with Gasteiger partial charge in [-0.05, 0) is 39.7 Å². The van der Waals surface area contributed by atoms with E-state index in [0.29, 0.717) is 25.9 Å². The first-order valence-electron chi connectivity index (χ1n) is 9.16. The molecule has 1 aliphatic rings. The van der Waals surface area contributed by atoms with Crippen LogP contribution in [0.3, 0.4) is 0 Å². The minimum Gasteiger partial charge on any atom is -0.453 e. The number of rotatable bonds is 2. The lowest BCUT2D eigenvalue weighted by atomic mass is 9.94. The number of nitro groups is 1. The number of hydrogen-bond donors (Lipinski definition) is 1. The molecule has 2 aromatic rings. The van der Waals surface area contributed by atoms with E-state index in [4.69, 9.17) is 14.9 Å². The molecule has 3 rings (SSSR count). The van der Waals surface area contributed by atoms with Crippen molar-refractivity contribution in [3.05, 3.63) is 44.0 Å². The highest BCUT2D eigenvalue weighted by molar-refractivity contribution is 5.91. The van der Waals surface area contributed by atoms with Gasteiger partial charge in [-0.25, -0.2) is 9.18 Å². The number of nitrogens with zero attached hydrogens (tertiary/aromatic N) is 2. The van der Waals surface area contributed by atoms with Crippen LogP contribution >= 0.6 is 0 Å². The molecule has 0 bridgehead atoms. The average molecular weight is 407 g/mol. The van der Waals surface area contributed by atoms with Crippen molar-refractivity contribution in [3.63, 3.8) is 0 Å². The van der Waals surface area contributed by atoms with Gasteiger partial charge in [-0.1, -0.05) is 0 Å². The van der Waals surface area contributed by atoms with Gasteiger partial charge in [-0.2, -0.15) is 0 Å². The first-order valence-corrected chi connectivity index (χ1v) is 9.16. The van der Waals surface area contributed by atoms with Crippen LogP contribution in [0.25, 0.3) is 11.0 Å². The van der Waals surface area contributed by atoms with Gasteiger partial charge in [0.25, 0.3) is 0 Å². The van der Waals surface area contributed by atoms with Gasteiger partial charge in [0.1, 0.15) is 11.4 Å². The minimum atomic E-state index is -1.05. The van der Waals surface area contributed by atoms with Gasteiger partial charge in [0.15, 0.2) is 16.9 Å². The first-order chi connectivity index (χ1) is 13.5. The Kier molecular flexibility index (Phi) is 5.20. The largest absolute Gasteiger partial charge is 0.453 e. The van der Waals surface area contributed by atoms with Crippen LogP contribution < -0.4 is 11.2 Å². The van der Waals surface area contributed by atoms with Gasteiger partial charge in [0.05, 0.1) is 10.3 Å². The number of anilines is 1. The van der Waals surface area contributed by atoms with Crippen molar-refractivity contribution in [2.45, 2.75) is 45.1 Å². The number of likely N-dealkylation sites (tertiary alicyclic amines) is 1. The number of ether oxygens (including phenoxy) is 1. The summed E-state index contributed by atoms with van der Waals surface area (Å²) in [5, 5.41) is 11.1. The molecule has 29 heavy (non-hydrogen) atoms. The standard InChI is InChI=1S/C19H22FN3O6/c1-19(2,3)29-18(25)22-6-4-10(5-7-22)14-9-13(24)11-8-12(20)15(21)16(23(26)27)17(11)28-14/h8-10H,4-7,21H2,1-3H3. The van der Waals surface area contributed by atoms with E-state index >= 15 is 0 Å².